The molecule has 1 aromatic carbocycles. The number of piperidine rings is 1. The van der Waals surface area contributed by atoms with Crippen LogP contribution in [-0.4, -0.2) is 35.9 Å². The maximum Gasteiger partial charge on any atom is 0.325 e. The van der Waals surface area contributed by atoms with Gasteiger partial charge in [-0.15, -0.1) is 0 Å². The third-order valence-electron chi connectivity index (χ3n) is 7.19. The predicted molar refractivity (Wildman–Crippen MR) is 84.3 cm³/mol. The lowest BCUT2D eigenvalue weighted by Gasteiger charge is -2.43. The molecular formula is C17H21NO4S. The second-order valence-electron chi connectivity index (χ2n) is 7.68. The number of hydrogen-bond donors (Lipinski definition) is 1. The van der Waals surface area contributed by atoms with E-state index in [-0.39, 0.29) is 10.3 Å². The van der Waals surface area contributed by atoms with Gasteiger partial charge in [0, 0.05) is 12.0 Å². The maximum atomic E-state index is 13.2. The number of benzene rings is 1. The number of hydrogen-bond acceptors (Lipinski definition) is 3. The smallest absolute Gasteiger partial charge is 0.325 e. The van der Waals surface area contributed by atoms with Crippen LogP contribution in [0.15, 0.2) is 35.2 Å². The minimum Gasteiger partial charge on any atom is -0.480 e. The third-order valence-corrected chi connectivity index (χ3v) is 9.08. The van der Waals surface area contributed by atoms with Gasteiger partial charge in [0.2, 0.25) is 10.0 Å². The predicted octanol–water partition coefficient (Wildman–Crippen LogP) is 2.34. The van der Waals surface area contributed by atoms with Crippen LogP contribution in [0.2, 0.25) is 0 Å². The molecule has 0 aromatic heterocycles. The van der Waals surface area contributed by atoms with Crippen molar-refractivity contribution in [2.45, 2.75) is 43.5 Å². The Morgan fingerprint density at radius 1 is 1.26 bits per heavy atom. The maximum absolute atomic E-state index is 13.2. The molecule has 3 fully saturated rings. The van der Waals surface area contributed by atoms with Crippen molar-refractivity contribution in [1.82, 2.24) is 4.31 Å². The molecule has 4 rings (SSSR count). The van der Waals surface area contributed by atoms with E-state index in [4.69, 9.17) is 0 Å². The molecule has 6 heteroatoms. The van der Waals surface area contributed by atoms with Crippen molar-refractivity contribution in [3.63, 3.8) is 0 Å². The van der Waals surface area contributed by atoms with Crippen LogP contribution >= 0.6 is 0 Å². The zero-order valence-corrected chi connectivity index (χ0v) is 14.1. The minimum absolute atomic E-state index is 0.177. The molecule has 0 unspecified atom stereocenters. The molecule has 3 aliphatic rings. The number of carbonyl (C=O) groups is 1. The van der Waals surface area contributed by atoms with E-state index in [0.717, 1.165) is 12.8 Å². The fourth-order valence-corrected chi connectivity index (χ4v) is 7.62. The molecule has 124 valence electrons. The van der Waals surface area contributed by atoms with Crippen molar-refractivity contribution >= 4 is 16.0 Å². The van der Waals surface area contributed by atoms with Crippen molar-refractivity contribution in [3.05, 3.63) is 30.3 Å². The molecule has 1 N–H and O–H groups in total. The summed E-state index contributed by atoms with van der Waals surface area (Å²) in [6, 6.07) is 8.18. The Morgan fingerprint density at radius 3 is 2.48 bits per heavy atom. The first kappa shape index (κ1) is 15.1. The summed E-state index contributed by atoms with van der Waals surface area (Å²) in [5.41, 5.74) is -2.06. The number of carboxylic acid groups (broad SMARTS) is 1. The highest BCUT2D eigenvalue weighted by molar-refractivity contribution is 7.89. The zero-order chi connectivity index (χ0) is 16.7. The van der Waals surface area contributed by atoms with Crippen LogP contribution in [0, 0.1) is 16.7 Å². The van der Waals surface area contributed by atoms with E-state index in [1.54, 1.807) is 30.3 Å². The fourth-order valence-electron chi connectivity index (χ4n) is 5.66. The molecule has 0 amide bonds. The highest BCUT2D eigenvalue weighted by Crippen LogP contribution is 2.76. The Balaban J connectivity index is 1.91. The van der Waals surface area contributed by atoms with Crippen LogP contribution in [-0.2, 0) is 14.8 Å². The van der Waals surface area contributed by atoms with Gasteiger partial charge < -0.3 is 5.11 Å². The quantitative estimate of drug-likeness (QED) is 0.920. The molecule has 1 aromatic rings. The second-order valence-corrected chi connectivity index (χ2v) is 9.54. The van der Waals surface area contributed by atoms with E-state index >= 15 is 0 Å². The summed E-state index contributed by atoms with van der Waals surface area (Å²) in [6.07, 6.45) is 2.21. The topological polar surface area (TPSA) is 74.7 Å². The summed E-state index contributed by atoms with van der Waals surface area (Å²) in [5, 5.41) is 10.1. The standard InChI is InChI=1S/C17H21NO4S/c1-15-11-18(23(21,22)13-6-4-3-5-7-13)17(14(19)20)10-12(15)8-9-16(15,17)2/h3-7,12H,8-11H2,1-2H3,(H,19,20)/t12-,15-,16+,17-/m1/s1. The summed E-state index contributed by atoms with van der Waals surface area (Å²) >= 11 is 0. The monoisotopic (exact) mass is 335 g/mol. The second kappa shape index (κ2) is 4.16. The molecule has 1 saturated heterocycles. The molecule has 23 heavy (non-hydrogen) atoms. The Bertz CT molecular complexity index is 792. The van der Waals surface area contributed by atoms with E-state index in [0.29, 0.717) is 18.9 Å². The van der Waals surface area contributed by atoms with Gasteiger partial charge in [0.15, 0.2) is 0 Å². The number of carboxylic acids is 1. The molecular weight excluding hydrogens is 314 g/mol. The highest BCUT2D eigenvalue weighted by atomic mass is 32.2. The van der Waals surface area contributed by atoms with Crippen LogP contribution in [0.25, 0.3) is 0 Å². The average Bonchev–Trinajstić information content (AvgIpc) is 2.98. The third kappa shape index (κ3) is 1.43. The fraction of sp³-hybridized carbons (Fsp3) is 0.588. The van der Waals surface area contributed by atoms with Gasteiger partial charge >= 0.3 is 5.97 Å². The van der Waals surface area contributed by atoms with Crippen LogP contribution in [0.1, 0.15) is 33.1 Å². The molecule has 5 nitrogen and oxygen atoms in total. The van der Waals surface area contributed by atoms with Gasteiger partial charge in [-0.2, -0.15) is 4.31 Å². The molecule has 1 heterocycles. The number of rotatable bonds is 3. The van der Waals surface area contributed by atoms with E-state index in [9.17, 15) is 18.3 Å². The Kier molecular flexibility index (Phi) is 2.74. The van der Waals surface area contributed by atoms with Gasteiger partial charge in [-0.25, -0.2) is 8.42 Å². The van der Waals surface area contributed by atoms with Gasteiger partial charge in [0.1, 0.15) is 5.54 Å². The first-order valence-electron chi connectivity index (χ1n) is 8.01. The van der Waals surface area contributed by atoms with Crippen LogP contribution in [0.3, 0.4) is 0 Å². The minimum atomic E-state index is -3.82. The lowest BCUT2D eigenvalue weighted by molar-refractivity contribution is -0.153. The molecule has 1 aliphatic heterocycles. The SMILES string of the molecule is C[C@@]12CC[C@@H]3C[C@]1(C(=O)O)N(S(=O)(=O)c1ccccc1)C[C@]32C. The van der Waals surface area contributed by atoms with Gasteiger partial charge in [0.05, 0.1) is 4.90 Å². The normalized spacial score (nSPS) is 42.3. The first-order chi connectivity index (χ1) is 10.7. The number of aliphatic carboxylic acids is 1. The van der Waals surface area contributed by atoms with Crippen LogP contribution in [0.4, 0.5) is 0 Å². The summed E-state index contributed by atoms with van der Waals surface area (Å²) < 4.78 is 27.6. The van der Waals surface area contributed by atoms with E-state index < -0.39 is 26.9 Å². The Hall–Kier alpha value is -1.40. The van der Waals surface area contributed by atoms with Gasteiger partial charge in [0.25, 0.3) is 0 Å². The van der Waals surface area contributed by atoms with Crippen LogP contribution < -0.4 is 0 Å². The zero-order valence-electron chi connectivity index (χ0n) is 13.3. The Labute approximate surface area is 136 Å². The first-order valence-corrected chi connectivity index (χ1v) is 9.45. The molecule has 0 spiro atoms. The Morgan fingerprint density at radius 2 is 1.91 bits per heavy atom. The highest BCUT2D eigenvalue weighted by Gasteiger charge is 2.82. The molecule has 0 radical (unpaired) electrons. The van der Waals surface area contributed by atoms with Crippen molar-refractivity contribution in [2.75, 3.05) is 6.54 Å². The number of sulfonamides is 1. The average molecular weight is 335 g/mol. The summed E-state index contributed by atoms with van der Waals surface area (Å²) in [5.74, 6) is -0.698. The summed E-state index contributed by atoms with van der Waals surface area (Å²) in [4.78, 5) is 12.5. The number of nitrogens with zero attached hydrogens (tertiary/aromatic N) is 1. The van der Waals surface area contributed by atoms with Gasteiger partial charge in [-0.1, -0.05) is 32.0 Å². The van der Waals surface area contributed by atoms with Gasteiger partial charge in [-0.05, 0) is 42.7 Å². The van der Waals surface area contributed by atoms with Crippen molar-refractivity contribution in [3.8, 4) is 0 Å². The van der Waals surface area contributed by atoms with Crippen molar-refractivity contribution < 1.29 is 18.3 Å². The lowest BCUT2D eigenvalue weighted by atomic mass is 9.66. The van der Waals surface area contributed by atoms with E-state index in [1.807, 2.05) is 6.92 Å². The largest absolute Gasteiger partial charge is 0.480 e. The molecule has 4 bridgehead atoms. The lowest BCUT2D eigenvalue weighted by Crippen LogP contribution is -2.60. The molecule has 2 aliphatic carbocycles. The van der Waals surface area contributed by atoms with E-state index in [1.165, 1.54) is 4.31 Å². The van der Waals surface area contributed by atoms with Crippen molar-refractivity contribution in [1.29, 1.82) is 0 Å². The van der Waals surface area contributed by atoms with Gasteiger partial charge in [-0.3, -0.25) is 4.79 Å². The van der Waals surface area contributed by atoms with Crippen LogP contribution in [0.5, 0.6) is 0 Å². The van der Waals surface area contributed by atoms with Crippen molar-refractivity contribution in [2.24, 2.45) is 16.7 Å². The van der Waals surface area contributed by atoms with E-state index in [2.05, 4.69) is 6.92 Å². The summed E-state index contributed by atoms with van der Waals surface area (Å²) in [6.45, 7) is 4.36. The summed E-state index contributed by atoms with van der Waals surface area (Å²) in [7, 11) is -3.82. The molecule has 2 saturated carbocycles. The molecule has 4 atom stereocenters.